The van der Waals surface area contributed by atoms with Gasteiger partial charge in [0.15, 0.2) is 25.2 Å². The number of carbonyl (C=O) groups excluding carboxylic acids is 3. The average Bonchev–Trinajstić information content (AvgIpc) is 0.769. The van der Waals surface area contributed by atoms with Gasteiger partial charge in [-0.3, -0.25) is 14.4 Å². The minimum absolute atomic E-state index is 0.841. The fourth-order valence-electron chi connectivity index (χ4n) is 11.1. The van der Waals surface area contributed by atoms with E-state index in [1.807, 2.05) is 10.6 Å². The lowest BCUT2D eigenvalue weighted by Crippen LogP contribution is -2.72. The molecule has 26 N–H and O–H groups in total. The van der Waals surface area contributed by atoms with E-state index in [2.05, 4.69) is 5.32 Å². The second kappa shape index (κ2) is 32.0. The number of aliphatic hydroxyl groups excluding tert-OH is 21. The zero-order valence-electron chi connectivity index (χ0n) is 47.2. The van der Waals surface area contributed by atoms with E-state index in [0.29, 0.717) is 0 Å². The summed E-state index contributed by atoms with van der Waals surface area (Å²) in [5.41, 5.74) is 0. The summed E-state index contributed by atoms with van der Waals surface area (Å²) in [5.74, 6) is -15.0. The molecule has 0 aromatic rings. The normalized spacial score (nSPS) is 43.9. The maximum Gasteiger partial charge on any atom is 0.364 e. The number of carbonyl (C=O) groups is 5. The lowest BCUT2D eigenvalue weighted by molar-refractivity contribution is -0.404. The van der Waals surface area contributed by atoms with Crippen molar-refractivity contribution in [1.82, 2.24) is 16.0 Å². The lowest BCUT2D eigenvalue weighted by atomic mass is 9.88. The second-order valence-corrected chi connectivity index (χ2v) is 21.9. The molecule has 0 saturated carbocycles. The molecule has 0 aliphatic carbocycles. The zero-order valence-corrected chi connectivity index (χ0v) is 47.2. The molecule has 6 aliphatic rings. The molecule has 6 saturated heterocycles. The van der Waals surface area contributed by atoms with E-state index in [-0.39, 0.29) is 0 Å². The predicted octanol–water partition coefficient (Wildman–Crippen LogP) is -17.3. The first-order chi connectivity index (χ1) is 42.4. The highest BCUT2D eigenvalue weighted by Gasteiger charge is 2.64. The third kappa shape index (κ3) is 16.1. The summed E-state index contributed by atoms with van der Waals surface area (Å²) in [4.78, 5) is 64.7. The van der Waals surface area contributed by atoms with Crippen LogP contribution in [0.5, 0.6) is 0 Å². The highest BCUT2D eigenvalue weighted by Crippen LogP contribution is 2.42. The number of ether oxygens (including phenoxy) is 11. The van der Waals surface area contributed by atoms with E-state index in [9.17, 15) is 141 Å². The van der Waals surface area contributed by atoms with Crippen molar-refractivity contribution in [3.8, 4) is 0 Å². The molecule has 6 aliphatic heterocycles. The number of aliphatic hydroxyl groups is 21. The van der Waals surface area contributed by atoms with Crippen LogP contribution < -0.4 is 16.0 Å². The SMILES string of the molecule is CC(=O)N[C@H]1[C@H](O[C@@H]2[C@H](O[C@]3(C(=O)O)C[C@H](O)[C@@H](NC(=O)CO)[C@H]([C@H](O)[C@H](O)CO)O3)[C@@H](O)[C@H](O[C@H]3[C@H](O)[C@@H](O)[C@H](O)O[C@@H]3CO)O[C@@H]2CO)O[C@H](CO)[C@H](O)[C@@H]1O[C@@H]1O[C@H](CO)[C@H](O)[C@H](O[C@]2(C(=O)O)C[C@H](O)[C@@H](NC(=O)CO)[C@H]([C@H](O)[C@H](O)CO)O2)[C@H]1O. The maximum atomic E-state index is 13.6. The zero-order chi connectivity index (χ0) is 67.2. The number of aliphatic carboxylic acids is 2. The van der Waals surface area contributed by atoms with Crippen LogP contribution in [0.25, 0.3) is 0 Å². The van der Waals surface area contributed by atoms with Crippen LogP contribution in [0.15, 0.2) is 0 Å². The van der Waals surface area contributed by atoms with Gasteiger partial charge in [-0.1, -0.05) is 0 Å². The summed E-state index contributed by atoms with van der Waals surface area (Å²) in [6, 6.07) is -6.02. The Morgan fingerprint density at radius 3 is 1.27 bits per heavy atom. The number of nitrogens with one attached hydrogen (secondary N) is 3. The molecule has 42 nitrogen and oxygen atoms in total. The van der Waals surface area contributed by atoms with Crippen LogP contribution in [0.2, 0.25) is 0 Å². The Labute approximate surface area is 506 Å². The van der Waals surface area contributed by atoms with Gasteiger partial charge in [0.25, 0.3) is 11.6 Å². The minimum Gasteiger partial charge on any atom is -0.477 e. The third-order valence-electron chi connectivity index (χ3n) is 15.8. The van der Waals surface area contributed by atoms with E-state index in [4.69, 9.17) is 52.1 Å². The predicted molar refractivity (Wildman–Crippen MR) is 271 cm³/mol. The van der Waals surface area contributed by atoms with Crippen LogP contribution in [0.4, 0.5) is 0 Å². The molecule has 3 amide bonds. The van der Waals surface area contributed by atoms with Crippen molar-refractivity contribution >= 4 is 29.7 Å². The third-order valence-corrected chi connectivity index (χ3v) is 15.8. The van der Waals surface area contributed by atoms with Crippen LogP contribution in [-0.2, 0) is 76.1 Å². The molecule has 0 spiro atoms. The van der Waals surface area contributed by atoms with Crippen molar-refractivity contribution in [1.29, 1.82) is 0 Å². The molecule has 0 aromatic carbocycles. The first kappa shape index (κ1) is 75.1. The molecule has 0 unspecified atom stereocenters. The molecule has 6 heterocycles. The van der Waals surface area contributed by atoms with Crippen molar-refractivity contribution in [2.45, 2.75) is 215 Å². The van der Waals surface area contributed by atoms with Crippen LogP contribution in [0.1, 0.15) is 19.8 Å². The van der Waals surface area contributed by atoms with E-state index in [0.717, 1.165) is 6.92 Å². The first-order valence-corrected chi connectivity index (χ1v) is 27.7. The van der Waals surface area contributed by atoms with Crippen LogP contribution >= 0.6 is 0 Å². The van der Waals surface area contributed by atoms with Crippen LogP contribution in [0.3, 0.4) is 0 Å². The van der Waals surface area contributed by atoms with Crippen molar-refractivity contribution in [3.63, 3.8) is 0 Å². The number of carboxylic acids is 2. The van der Waals surface area contributed by atoms with Gasteiger partial charge in [-0.05, 0) is 0 Å². The minimum atomic E-state index is -3.52. The van der Waals surface area contributed by atoms with Gasteiger partial charge < -0.3 is 186 Å². The van der Waals surface area contributed by atoms with Crippen molar-refractivity contribution in [2.75, 3.05) is 52.9 Å². The molecule has 90 heavy (non-hydrogen) atoms. The molecular formula is C48H79N3O39. The summed E-state index contributed by atoms with van der Waals surface area (Å²) < 4.78 is 63.5. The highest BCUT2D eigenvalue weighted by molar-refractivity contribution is 5.79. The smallest absolute Gasteiger partial charge is 0.364 e. The molecular weight excluding hydrogens is 1240 g/mol. The summed E-state index contributed by atoms with van der Waals surface area (Å²) in [7, 11) is 0. The first-order valence-electron chi connectivity index (χ1n) is 27.7. The van der Waals surface area contributed by atoms with Crippen molar-refractivity contribution < 1.29 is 194 Å². The Balaban J connectivity index is 1.42. The van der Waals surface area contributed by atoms with Crippen molar-refractivity contribution in [3.05, 3.63) is 0 Å². The molecule has 6 rings (SSSR count). The Bertz CT molecular complexity index is 2360. The second-order valence-electron chi connectivity index (χ2n) is 21.9. The number of rotatable bonds is 27. The number of hydrogen-bond acceptors (Lipinski definition) is 37. The monoisotopic (exact) mass is 1320 g/mol. The molecule has 6 fully saturated rings. The standard InChI is InChI=1S/C48H79N3O39/c1-12(60)49-25-36(86-43-32(73)39(29(70)18(7-55)82-43)89-47(45(76)77)2-13(61)23(50-21(65)10-58)37(87-47)26(67)15(63)4-52)28(69)17(6-54)81-42(25)85-35-20(9-57)83-44(84-34-19(8-56)80-41(75)31(72)30(34)71)33(74)40(35)90-48(46(78)79)3-14(62)24(51-22(66)11-59)38(88-48)27(68)16(64)5-53/h13-20,23-44,52-59,61-64,67-75H,2-11H2,1H3,(H,49,60)(H,50,65)(H,51,66)(H,76,77)(H,78,79)/t13-,14-,15+,16+,17+,18+,19+,20+,23+,24+,25+,26+,27+,28-,29-,30+,31+,32+,33+,34+,35-,36+,37+,38+,39-,40+,41+,42-,43-,44-,47-,48-/m0/s1. The van der Waals surface area contributed by atoms with Crippen molar-refractivity contribution in [2.24, 2.45) is 0 Å². The van der Waals surface area contributed by atoms with Gasteiger partial charge in [-0.15, -0.1) is 0 Å². The number of hydrogen-bond donors (Lipinski definition) is 26. The van der Waals surface area contributed by atoms with Gasteiger partial charge >= 0.3 is 11.9 Å². The topological polar surface area (TPSA) is 688 Å². The summed E-state index contributed by atoms with van der Waals surface area (Å²) in [6.45, 7) is -9.20. The van der Waals surface area contributed by atoms with E-state index in [1.54, 1.807) is 0 Å². The lowest BCUT2D eigenvalue weighted by Gasteiger charge is -2.53. The van der Waals surface area contributed by atoms with E-state index >= 15 is 0 Å². The van der Waals surface area contributed by atoms with Crippen LogP contribution in [0, 0.1) is 0 Å². The van der Waals surface area contributed by atoms with Gasteiger partial charge in [-0.2, -0.15) is 0 Å². The largest absolute Gasteiger partial charge is 0.477 e. The van der Waals surface area contributed by atoms with Gasteiger partial charge in [0.1, 0.15) is 147 Å². The average molecular weight is 1320 g/mol. The molecule has 520 valence electrons. The van der Waals surface area contributed by atoms with Gasteiger partial charge in [-0.25, -0.2) is 9.59 Å². The molecule has 42 heteroatoms. The Kier molecular flexibility index (Phi) is 26.7. The maximum absolute atomic E-state index is 13.6. The highest BCUT2D eigenvalue weighted by atomic mass is 16.8. The quantitative estimate of drug-likeness (QED) is 0.0363. The molecule has 0 aromatic heterocycles. The van der Waals surface area contributed by atoms with E-state index < -0.39 is 291 Å². The Hall–Kier alpha value is -3.93. The molecule has 32 atom stereocenters. The Morgan fingerprint density at radius 1 is 0.456 bits per heavy atom. The summed E-state index contributed by atoms with van der Waals surface area (Å²) in [5, 5.41) is 254. The molecule has 0 bridgehead atoms. The van der Waals surface area contributed by atoms with Crippen LogP contribution in [-0.4, -0.2) is 395 Å². The van der Waals surface area contributed by atoms with Gasteiger partial charge in [0, 0.05) is 19.8 Å². The number of amides is 3. The summed E-state index contributed by atoms with van der Waals surface area (Å²) >= 11 is 0. The van der Waals surface area contributed by atoms with Gasteiger partial charge in [0.05, 0.1) is 63.9 Å². The fraction of sp³-hybridized carbons (Fsp3) is 0.896. The fourth-order valence-corrected chi connectivity index (χ4v) is 11.1. The van der Waals surface area contributed by atoms with E-state index in [1.165, 1.54) is 0 Å². The summed E-state index contributed by atoms with van der Waals surface area (Å²) in [6.07, 6.45) is -64.7. The van der Waals surface area contributed by atoms with Gasteiger partial charge in [0.2, 0.25) is 17.7 Å². The number of carboxylic acid groups (broad SMARTS) is 2. The Morgan fingerprint density at radius 2 is 0.844 bits per heavy atom. The molecule has 0 radical (unpaired) electrons.